The first-order chi connectivity index (χ1) is 22.1. The van der Waals surface area contributed by atoms with Gasteiger partial charge in [0.05, 0.1) is 22.2 Å². The van der Waals surface area contributed by atoms with Crippen molar-refractivity contribution in [1.82, 2.24) is 20.9 Å². The van der Waals surface area contributed by atoms with Crippen LogP contribution < -0.4 is 16.0 Å². The van der Waals surface area contributed by atoms with Crippen molar-refractivity contribution >= 4 is 47.0 Å². The quantitative estimate of drug-likeness (QED) is 0.152. The number of amides is 4. The van der Waals surface area contributed by atoms with E-state index in [9.17, 15) is 24.3 Å². The molecular weight excluding hydrogens is 631 g/mol. The zero-order chi connectivity index (χ0) is 33.1. The van der Waals surface area contributed by atoms with Gasteiger partial charge in [-0.2, -0.15) is 0 Å². The lowest BCUT2D eigenvalue weighted by atomic mass is 10.1. The van der Waals surface area contributed by atoms with Crippen molar-refractivity contribution in [2.24, 2.45) is 0 Å². The largest absolute Gasteiger partial charge is 0.508 e. The van der Waals surface area contributed by atoms with E-state index in [-0.39, 0.29) is 46.6 Å². The molecule has 0 spiro atoms. The summed E-state index contributed by atoms with van der Waals surface area (Å²) in [7, 11) is 1.60. The molecule has 0 bridgehead atoms. The number of esters is 1. The average Bonchev–Trinajstić information content (AvgIpc) is 3.04. The SMILES string of the molecule is CN(Cc1ccccc1)C(=O)NCC(NC(=O)c1c(Cl)cc(C(=O)NCc2cccc(O)c2)cc1Cl)C(=O)OCc1ccccc1. The maximum absolute atomic E-state index is 13.4. The predicted octanol–water partition coefficient (Wildman–Crippen LogP) is 5.31. The summed E-state index contributed by atoms with van der Waals surface area (Å²) in [5.41, 5.74) is 2.25. The van der Waals surface area contributed by atoms with Crippen molar-refractivity contribution in [3.63, 3.8) is 0 Å². The van der Waals surface area contributed by atoms with Gasteiger partial charge < -0.3 is 30.7 Å². The van der Waals surface area contributed by atoms with Gasteiger partial charge in [-0.05, 0) is 41.0 Å². The molecule has 4 amide bonds. The number of hydrogen-bond acceptors (Lipinski definition) is 6. The number of nitrogens with zero attached hydrogens (tertiary/aromatic N) is 1. The number of carbonyl (C=O) groups is 4. The van der Waals surface area contributed by atoms with Gasteiger partial charge in [-0.15, -0.1) is 0 Å². The molecule has 0 aliphatic carbocycles. The maximum atomic E-state index is 13.4. The standard InChI is InChI=1S/C34H32Cl2N4O6/c1-40(20-22-9-4-2-5-10-22)34(45)38-19-29(33(44)46-21-23-11-6-3-7-12-23)39-32(43)30-27(35)16-25(17-28(30)36)31(42)37-18-24-13-8-14-26(41)15-24/h2-17,29,41H,18-21H2,1H3,(H,37,42)(H,38,45)(H,39,43). The van der Waals surface area contributed by atoms with E-state index in [0.29, 0.717) is 12.1 Å². The molecule has 1 atom stereocenters. The number of rotatable bonds is 12. The highest BCUT2D eigenvalue weighted by Gasteiger charge is 2.27. The predicted molar refractivity (Wildman–Crippen MR) is 175 cm³/mol. The van der Waals surface area contributed by atoms with Crippen molar-refractivity contribution in [2.45, 2.75) is 25.7 Å². The van der Waals surface area contributed by atoms with Crippen LogP contribution in [-0.4, -0.2) is 53.5 Å². The molecule has 4 rings (SSSR count). The summed E-state index contributed by atoms with van der Waals surface area (Å²) in [6.07, 6.45) is 0. The Morgan fingerprint density at radius 2 is 1.39 bits per heavy atom. The molecule has 1 unspecified atom stereocenters. The van der Waals surface area contributed by atoms with E-state index in [4.69, 9.17) is 27.9 Å². The minimum absolute atomic E-state index is 0.0538. The van der Waals surface area contributed by atoms with Crippen molar-refractivity contribution < 1.29 is 29.0 Å². The number of hydrogen-bond donors (Lipinski definition) is 4. The van der Waals surface area contributed by atoms with Crippen LogP contribution in [0, 0.1) is 0 Å². The molecule has 4 N–H and O–H groups in total. The van der Waals surface area contributed by atoms with Crippen LogP contribution >= 0.6 is 23.2 Å². The number of phenolic OH excluding ortho intramolecular Hbond substituents is 1. The Balaban J connectivity index is 1.44. The average molecular weight is 664 g/mol. The number of nitrogens with one attached hydrogen (secondary N) is 3. The molecule has 0 aromatic heterocycles. The van der Waals surface area contributed by atoms with Gasteiger partial charge in [0.2, 0.25) is 0 Å². The Hall–Kier alpha value is -5.06. The van der Waals surface area contributed by atoms with Gasteiger partial charge in [-0.25, -0.2) is 9.59 Å². The van der Waals surface area contributed by atoms with E-state index in [2.05, 4.69) is 16.0 Å². The first-order valence-electron chi connectivity index (χ1n) is 14.2. The number of phenols is 1. The van der Waals surface area contributed by atoms with Crippen LogP contribution in [0.25, 0.3) is 0 Å². The smallest absolute Gasteiger partial charge is 0.330 e. The maximum Gasteiger partial charge on any atom is 0.330 e. The highest BCUT2D eigenvalue weighted by Crippen LogP contribution is 2.27. The van der Waals surface area contributed by atoms with Crippen LogP contribution in [0.2, 0.25) is 10.0 Å². The van der Waals surface area contributed by atoms with Crippen molar-refractivity contribution in [3.05, 3.63) is 135 Å². The lowest BCUT2D eigenvalue weighted by Gasteiger charge is -2.22. The first kappa shape index (κ1) is 33.8. The van der Waals surface area contributed by atoms with E-state index >= 15 is 0 Å². The van der Waals surface area contributed by atoms with Crippen LogP contribution in [0.3, 0.4) is 0 Å². The van der Waals surface area contributed by atoms with Crippen molar-refractivity contribution in [3.8, 4) is 5.75 Å². The second-order valence-corrected chi connectivity index (χ2v) is 11.1. The minimum atomic E-state index is -1.30. The molecule has 12 heteroatoms. The van der Waals surface area contributed by atoms with E-state index in [0.717, 1.165) is 11.1 Å². The molecule has 10 nitrogen and oxygen atoms in total. The van der Waals surface area contributed by atoms with E-state index in [1.807, 2.05) is 36.4 Å². The summed E-state index contributed by atoms with van der Waals surface area (Å²) >= 11 is 12.8. The zero-order valence-corrected chi connectivity index (χ0v) is 26.3. The second-order valence-electron chi connectivity index (χ2n) is 10.3. The second kappa shape index (κ2) is 16.3. The summed E-state index contributed by atoms with van der Waals surface area (Å²) in [5.74, 6) is -2.05. The molecule has 4 aromatic carbocycles. The van der Waals surface area contributed by atoms with Gasteiger partial charge >= 0.3 is 12.0 Å². The third kappa shape index (κ3) is 9.72. The van der Waals surface area contributed by atoms with Crippen LogP contribution in [0.4, 0.5) is 4.79 Å². The Labute approximate surface area is 276 Å². The monoisotopic (exact) mass is 662 g/mol. The summed E-state index contributed by atoms with van der Waals surface area (Å²) in [6, 6.07) is 25.5. The zero-order valence-electron chi connectivity index (χ0n) is 24.8. The van der Waals surface area contributed by atoms with Crippen LogP contribution in [0.5, 0.6) is 5.75 Å². The Morgan fingerprint density at radius 3 is 2.02 bits per heavy atom. The number of urea groups is 1. The topological polar surface area (TPSA) is 137 Å². The van der Waals surface area contributed by atoms with E-state index < -0.39 is 29.9 Å². The molecule has 0 heterocycles. The molecule has 0 saturated heterocycles. The fourth-order valence-electron chi connectivity index (χ4n) is 4.38. The molecule has 238 valence electrons. The Bertz CT molecular complexity index is 1660. The van der Waals surface area contributed by atoms with Crippen molar-refractivity contribution in [1.29, 1.82) is 0 Å². The number of aromatic hydroxyl groups is 1. The van der Waals surface area contributed by atoms with E-state index in [1.54, 1.807) is 43.4 Å². The summed E-state index contributed by atoms with van der Waals surface area (Å²) < 4.78 is 5.44. The van der Waals surface area contributed by atoms with Crippen LogP contribution in [0.1, 0.15) is 37.4 Å². The molecule has 0 aliphatic heterocycles. The summed E-state index contributed by atoms with van der Waals surface area (Å²) in [5, 5.41) is 17.3. The molecule has 46 heavy (non-hydrogen) atoms. The van der Waals surface area contributed by atoms with Crippen LogP contribution in [-0.2, 0) is 29.2 Å². The van der Waals surface area contributed by atoms with Gasteiger partial charge in [0, 0.05) is 25.7 Å². The minimum Gasteiger partial charge on any atom is -0.508 e. The van der Waals surface area contributed by atoms with Gasteiger partial charge in [0.1, 0.15) is 18.4 Å². The van der Waals surface area contributed by atoms with Gasteiger partial charge in [0.15, 0.2) is 0 Å². The van der Waals surface area contributed by atoms with Gasteiger partial charge in [-0.3, -0.25) is 9.59 Å². The third-order valence-electron chi connectivity index (χ3n) is 6.78. The number of ether oxygens (including phenoxy) is 1. The van der Waals surface area contributed by atoms with Gasteiger partial charge in [-0.1, -0.05) is 96.0 Å². The molecule has 0 aliphatic rings. The number of benzene rings is 4. The number of carbonyl (C=O) groups excluding carboxylic acids is 4. The highest BCUT2D eigenvalue weighted by molar-refractivity contribution is 6.40. The highest BCUT2D eigenvalue weighted by atomic mass is 35.5. The summed E-state index contributed by atoms with van der Waals surface area (Å²) in [6.45, 7) is 0.106. The van der Waals surface area contributed by atoms with Crippen LogP contribution in [0.15, 0.2) is 97.1 Å². The Morgan fingerprint density at radius 1 is 0.783 bits per heavy atom. The van der Waals surface area contributed by atoms with Gasteiger partial charge in [0.25, 0.3) is 11.8 Å². The first-order valence-corrected chi connectivity index (χ1v) is 15.0. The normalized spacial score (nSPS) is 11.2. The molecule has 4 aromatic rings. The fourth-order valence-corrected chi connectivity index (χ4v) is 5.04. The fraction of sp³-hybridized carbons (Fsp3) is 0.176. The molecule has 0 radical (unpaired) electrons. The summed E-state index contributed by atoms with van der Waals surface area (Å²) in [4.78, 5) is 53.6. The molecular formula is C34H32Cl2N4O6. The lowest BCUT2D eigenvalue weighted by molar-refractivity contribution is -0.147. The molecule has 0 fully saturated rings. The Kier molecular flexibility index (Phi) is 12.0. The molecule has 0 saturated carbocycles. The van der Waals surface area contributed by atoms with Crippen molar-refractivity contribution in [2.75, 3.05) is 13.6 Å². The van der Waals surface area contributed by atoms with E-state index in [1.165, 1.54) is 29.2 Å². The lowest BCUT2D eigenvalue weighted by Crippen LogP contribution is -2.51. The third-order valence-corrected chi connectivity index (χ3v) is 7.37. The number of halogens is 2.